The first-order chi connectivity index (χ1) is 12.5. The third kappa shape index (κ3) is 4.22. The van der Waals surface area contributed by atoms with Crippen LogP contribution in [0.1, 0.15) is 34.1 Å². The number of ketones is 1. The van der Waals surface area contributed by atoms with Gasteiger partial charge in [-0.3, -0.25) is 14.3 Å². The van der Waals surface area contributed by atoms with E-state index in [1.54, 1.807) is 42.3 Å². The largest absolute Gasteiger partial charge is 0.349 e. The fourth-order valence-electron chi connectivity index (χ4n) is 2.62. The van der Waals surface area contributed by atoms with E-state index in [2.05, 4.69) is 15.4 Å². The van der Waals surface area contributed by atoms with Crippen molar-refractivity contribution in [2.24, 2.45) is 7.05 Å². The predicted molar refractivity (Wildman–Crippen MR) is 98.8 cm³/mol. The normalized spacial score (nSPS) is 11.8. The van der Waals surface area contributed by atoms with Crippen molar-refractivity contribution < 1.29 is 9.59 Å². The number of aromatic nitrogens is 3. The number of carbonyl (C=O) groups is 2. The summed E-state index contributed by atoms with van der Waals surface area (Å²) in [6, 6.07) is 15.9. The van der Waals surface area contributed by atoms with Gasteiger partial charge < -0.3 is 5.32 Å². The summed E-state index contributed by atoms with van der Waals surface area (Å²) >= 11 is 0. The van der Waals surface area contributed by atoms with E-state index in [-0.39, 0.29) is 24.2 Å². The van der Waals surface area contributed by atoms with E-state index in [0.29, 0.717) is 17.0 Å². The summed E-state index contributed by atoms with van der Waals surface area (Å²) in [4.78, 5) is 28.8. The summed E-state index contributed by atoms with van der Waals surface area (Å²) in [6.07, 6.45) is 1.88. The van der Waals surface area contributed by atoms with Gasteiger partial charge in [0.15, 0.2) is 11.6 Å². The van der Waals surface area contributed by atoms with Crippen LogP contribution < -0.4 is 5.32 Å². The number of nitrogens with zero attached hydrogens (tertiary/aromatic N) is 3. The number of benzene rings is 2. The van der Waals surface area contributed by atoms with Crippen molar-refractivity contribution in [1.29, 1.82) is 0 Å². The zero-order valence-electron chi connectivity index (χ0n) is 14.7. The van der Waals surface area contributed by atoms with Gasteiger partial charge in [0.05, 0.1) is 0 Å². The molecule has 3 aromatic rings. The highest BCUT2D eigenvalue weighted by atomic mass is 16.2. The molecular weight excluding hydrogens is 328 g/mol. The number of aryl methyl sites for hydroxylation is 1. The fraction of sp³-hybridized carbons (Fsp3) is 0.200. The summed E-state index contributed by atoms with van der Waals surface area (Å²) in [5, 5.41) is 7.10. The summed E-state index contributed by atoms with van der Waals surface area (Å²) in [7, 11) is 1.80. The number of amides is 1. The lowest BCUT2D eigenvalue weighted by atomic mass is 10.0. The zero-order chi connectivity index (χ0) is 18.5. The van der Waals surface area contributed by atoms with Crippen LogP contribution in [0.5, 0.6) is 0 Å². The number of hydrogen-bond donors (Lipinski definition) is 1. The number of nitrogens with one attached hydrogen (secondary N) is 1. The predicted octanol–water partition coefficient (Wildman–Crippen LogP) is 2.87. The molecule has 3 rings (SSSR count). The summed E-state index contributed by atoms with van der Waals surface area (Å²) in [5.74, 6) is 0.412. The van der Waals surface area contributed by atoms with Crippen molar-refractivity contribution in [1.82, 2.24) is 20.1 Å². The van der Waals surface area contributed by atoms with E-state index < -0.39 is 0 Å². The Kier molecular flexibility index (Phi) is 5.22. The first-order valence-corrected chi connectivity index (χ1v) is 8.38. The molecule has 0 bridgehead atoms. The molecule has 1 atom stereocenters. The quantitative estimate of drug-likeness (QED) is 0.695. The lowest BCUT2D eigenvalue weighted by molar-refractivity contribution is 0.0918. The van der Waals surface area contributed by atoms with E-state index in [4.69, 9.17) is 0 Å². The van der Waals surface area contributed by atoms with Gasteiger partial charge in [-0.25, -0.2) is 4.98 Å². The van der Waals surface area contributed by atoms with Gasteiger partial charge in [-0.1, -0.05) is 42.5 Å². The van der Waals surface area contributed by atoms with Gasteiger partial charge in [-0.05, 0) is 19.1 Å². The zero-order valence-corrected chi connectivity index (χ0v) is 14.7. The fourth-order valence-corrected chi connectivity index (χ4v) is 2.62. The van der Waals surface area contributed by atoms with Crippen molar-refractivity contribution in [3.8, 4) is 11.4 Å². The number of Topliss-reactive ketones (excluding diaryl/α,β-unsaturated/α-hetero) is 1. The minimum absolute atomic E-state index is 0.00924. The van der Waals surface area contributed by atoms with Crippen molar-refractivity contribution in [2.75, 3.05) is 0 Å². The van der Waals surface area contributed by atoms with Gasteiger partial charge in [0.1, 0.15) is 6.33 Å². The van der Waals surface area contributed by atoms with Crippen LogP contribution in [0.3, 0.4) is 0 Å². The second-order valence-corrected chi connectivity index (χ2v) is 6.19. The van der Waals surface area contributed by atoms with Crippen LogP contribution in [-0.2, 0) is 7.05 Å². The summed E-state index contributed by atoms with van der Waals surface area (Å²) < 4.78 is 1.63. The minimum Gasteiger partial charge on any atom is -0.349 e. The Morgan fingerprint density at radius 1 is 1.04 bits per heavy atom. The number of hydrogen-bond acceptors (Lipinski definition) is 4. The molecule has 0 fully saturated rings. The molecule has 1 unspecified atom stereocenters. The number of carbonyl (C=O) groups excluding carboxylic acids is 2. The summed E-state index contributed by atoms with van der Waals surface area (Å²) in [5.41, 5.74) is 2.03. The van der Waals surface area contributed by atoms with Crippen LogP contribution in [0.25, 0.3) is 11.4 Å². The lowest BCUT2D eigenvalue weighted by Crippen LogP contribution is -2.34. The van der Waals surface area contributed by atoms with Crippen molar-refractivity contribution in [3.05, 3.63) is 72.1 Å². The van der Waals surface area contributed by atoms with Gasteiger partial charge in [-0.15, -0.1) is 0 Å². The molecule has 0 aliphatic carbocycles. The van der Waals surface area contributed by atoms with E-state index in [1.165, 1.54) is 0 Å². The highest BCUT2D eigenvalue weighted by molar-refractivity contribution is 5.98. The molecule has 1 aromatic heterocycles. The third-order valence-corrected chi connectivity index (χ3v) is 3.97. The molecule has 6 nitrogen and oxygen atoms in total. The average Bonchev–Trinajstić information content (AvgIpc) is 3.09. The highest BCUT2D eigenvalue weighted by Gasteiger charge is 2.15. The smallest absolute Gasteiger partial charge is 0.251 e. The maximum absolute atomic E-state index is 12.4. The Morgan fingerprint density at radius 3 is 2.35 bits per heavy atom. The van der Waals surface area contributed by atoms with Gasteiger partial charge in [0, 0.05) is 36.2 Å². The number of rotatable bonds is 6. The van der Waals surface area contributed by atoms with E-state index in [1.807, 2.05) is 37.3 Å². The Morgan fingerprint density at radius 2 is 1.73 bits per heavy atom. The van der Waals surface area contributed by atoms with Crippen LogP contribution >= 0.6 is 0 Å². The van der Waals surface area contributed by atoms with Crippen LogP contribution in [0.4, 0.5) is 0 Å². The second kappa shape index (κ2) is 7.74. The van der Waals surface area contributed by atoms with Crippen LogP contribution in [0.2, 0.25) is 0 Å². The monoisotopic (exact) mass is 348 g/mol. The molecule has 0 saturated heterocycles. The molecule has 132 valence electrons. The molecule has 26 heavy (non-hydrogen) atoms. The van der Waals surface area contributed by atoms with Crippen LogP contribution in [0.15, 0.2) is 60.9 Å². The first-order valence-electron chi connectivity index (χ1n) is 8.38. The van der Waals surface area contributed by atoms with Gasteiger partial charge in [-0.2, -0.15) is 5.10 Å². The molecule has 0 aliphatic rings. The van der Waals surface area contributed by atoms with E-state index >= 15 is 0 Å². The highest BCUT2D eigenvalue weighted by Crippen LogP contribution is 2.15. The maximum atomic E-state index is 12.4. The van der Waals surface area contributed by atoms with Gasteiger partial charge in [0.2, 0.25) is 0 Å². The Balaban J connectivity index is 1.59. The summed E-state index contributed by atoms with van der Waals surface area (Å²) in [6.45, 7) is 1.82. The molecular formula is C20H20N4O2. The minimum atomic E-state index is -0.257. The van der Waals surface area contributed by atoms with Gasteiger partial charge in [0.25, 0.3) is 5.91 Å². The first kappa shape index (κ1) is 17.5. The third-order valence-electron chi connectivity index (χ3n) is 3.97. The molecule has 1 N–H and O–H groups in total. The molecule has 1 amide bonds. The van der Waals surface area contributed by atoms with Crippen molar-refractivity contribution >= 4 is 11.7 Å². The van der Waals surface area contributed by atoms with E-state index in [0.717, 1.165) is 5.56 Å². The molecule has 0 radical (unpaired) electrons. The van der Waals surface area contributed by atoms with Crippen molar-refractivity contribution in [3.63, 3.8) is 0 Å². The van der Waals surface area contributed by atoms with Crippen molar-refractivity contribution in [2.45, 2.75) is 19.4 Å². The Hall–Kier alpha value is -3.28. The van der Waals surface area contributed by atoms with E-state index in [9.17, 15) is 9.59 Å². The lowest BCUT2D eigenvalue weighted by Gasteiger charge is -2.13. The Bertz CT molecular complexity index is 901. The molecule has 0 aliphatic heterocycles. The molecule has 0 saturated carbocycles. The second-order valence-electron chi connectivity index (χ2n) is 6.19. The standard InChI is InChI=1S/C20H20N4O2/c1-14(12-18(25)15-6-4-3-5-7-15)22-20(26)17-10-8-16(9-11-17)19-21-13-24(2)23-19/h3-11,13-14H,12H2,1-2H3,(H,22,26). The molecule has 2 aromatic carbocycles. The molecule has 1 heterocycles. The Labute approximate surface area is 151 Å². The van der Waals surface area contributed by atoms with Crippen LogP contribution in [0, 0.1) is 0 Å². The van der Waals surface area contributed by atoms with Crippen LogP contribution in [-0.4, -0.2) is 32.5 Å². The molecule has 0 spiro atoms. The average molecular weight is 348 g/mol. The van der Waals surface area contributed by atoms with Gasteiger partial charge >= 0.3 is 0 Å². The molecule has 6 heteroatoms. The SMILES string of the molecule is CC(CC(=O)c1ccccc1)NC(=O)c1ccc(-c2ncn(C)n2)cc1. The topological polar surface area (TPSA) is 76.9 Å². The maximum Gasteiger partial charge on any atom is 0.251 e.